The molecular weight excluding hydrogens is 113 g/mol. The second-order valence-electron chi connectivity index (χ2n) is 1.08. The fourth-order valence-electron chi connectivity index (χ4n) is 0.144. The molecule has 1 unspecified atom stereocenters. The van der Waals surface area contributed by atoms with Crippen LogP contribution in [0.1, 0.15) is 0 Å². The summed E-state index contributed by atoms with van der Waals surface area (Å²) in [5.74, 6) is 0. The summed E-state index contributed by atoms with van der Waals surface area (Å²) in [6, 6.07) is 0. The number of hydrogen-bond acceptors (Lipinski definition) is 2. The third kappa shape index (κ3) is 2.40. The highest BCUT2D eigenvalue weighted by atomic mass is 31.0. The van der Waals surface area contributed by atoms with Gasteiger partial charge in [-0.25, -0.2) is 4.79 Å². The molecule has 0 saturated heterocycles. The van der Waals surface area contributed by atoms with Gasteiger partial charge in [-0.1, -0.05) is 0 Å². The van der Waals surface area contributed by atoms with Crippen molar-refractivity contribution >= 4 is 15.5 Å². The first-order chi connectivity index (χ1) is 3.18. The van der Waals surface area contributed by atoms with E-state index in [1.807, 2.05) is 0 Å². The van der Waals surface area contributed by atoms with Gasteiger partial charge in [0.05, 0.1) is 7.11 Å². The summed E-state index contributed by atoms with van der Waals surface area (Å²) in [4.78, 5) is 10.2. The lowest BCUT2D eigenvalue weighted by Gasteiger charge is -2.05. The second-order valence-corrected chi connectivity index (χ2v) is 1.86. The van der Waals surface area contributed by atoms with Crippen LogP contribution < -0.4 is 0 Å². The molecule has 42 valence electrons. The SMILES string of the molecule is COC(=O)N(C)P. The molecule has 0 N–H and O–H groups in total. The standard InChI is InChI=1S/C3H8NO2P/c1-4(7)3(5)6-2/h7H2,1-2H3. The number of amides is 1. The number of carbonyl (C=O) groups excluding carboxylic acids is 1. The average molecular weight is 121 g/mol. The number of ether oxygens (including phenoxy) is 1. The van der Waals surface area contributed by atoms with Crippen molar-refractivity contribution in [2.75, 3.05) is 14.2 Å². The summed E-state index contributed by atoms with van der Waals surface area (Å²) in [5, 5.41) is 0. The number of hydrogen-bond donors (Lipinski definition) is 0. The fraction of sp³-hybridized carbons (Fsp3) is 0.667. The normalized spacial score (nSPS) is 7.86. The topological polar surface area (TPSA) is 29.5 Å². The van der Waals surface area contributed by atoms with Crippen molar-refractivity contribution in [3.05, 3.63) is 0 Å². The van der Waals surface area contributed by atoms with E-state index < -0.39 is 0 Å². The number of rotatable bonds is 0. The molecule has 0 bridgehead atoms. The van der Waals surface area contributed by atoms with E-state index in [-0.39, 0.29) is 6.09 Å². The first kappa shape index (κ1) is 6.70. The van der Waals surface area contributed by atoms with Crippen LogP contribution in [-0.2, 0) is 4.74 Å². The van der Waals surface area contributed by atoms with Gasteiger partial charge in [-0.3, -0.25) is 4.67 Å². The minimum atomic E-state index is -0.356. The summed E-state index contributed by atoms with van der Waals surface area (Å²) in [6.07, 6.45) is -0.356. The molecule has 0 saturated carbocycles. The Labute approximate surface area is 44.9 Å². The maximum Gasteiger partial charge on any atom is 0.412 e. The second kappa shape index (κ2) is 2.80. The quantitative estimate of drug-likeness (QED) is 0.436. The molecule has 4 heteroatoms. The smallest absolute Gasteiger partial charge is 0.412 e. The maximum atomic E-state index is 10.2. The Kier molecular flexibility index (Phi) is 2.68. The lowest BCUT2D eigenvalue weighted by atomic mass is 11.1. The maximum absolute atomic E-state index is 10.2. The van der Waals surface area contributed by atoms with Crippen LogP contribution in [0.25, 0.3) is 0 Å². The van der Waals surface area contributed by atoms with E-state index in [2.05, 4.69) is 14.1 Å². The fourth-order valence-corrected chi connectivity index (χ4v) is 0.249. The molecule has 0 aliphatic rings. The molecule has 0 aliphatic heterocycles. The van der Waals surface area contributed by atoms with Crippen LogP contribution in [-0.4, -0.2) is 24.9 Å². The van der Waals surface area contributed by atoms with Crippen molar-refractivity contribution in [2.24, 2.45) is 0 Å². The summed E-state index contributed by atoms with van der Waals surface area (Å²) in [6.45, 7) is 0. The van der Waals surface area contributed by atoms with E-state index in [4.69, 9.17) is 0 Å². The zero-order valence-corrected chi connectivity index (χ0v) is 5.50. The molecule has 0 heterocycles. The van der Waals surface area contributed by atoms with Crippen molar-refractivity contribution in [3.8, 4) is 0 Å². The monoisotopic (exact) mass is 121 g/mol. The predicted octanol–water partition coefficient (Wildman–Crippen LogP) is 0.475. The lowest BCUT2D eigenvalue weighted by Crippen LogP contribution is -2.14. The van der Waals surface area contributed by atoms with E-state index in [0.717, 1.165) is 0 Å². The van der Waals surface area contributed by atoms with Crippen molar-refractivity contribution < 1.29 is 9.53 Å². The van der Waals surface area contributed by atoms with E-state index in [1.54, 1.807) is 7.05 Å². The molecule has 7 heavy (non-hydrogen) atoms. The Bertz CT molecular complexity index is 73.3. The van der Waals surface area contributed by atoms with Crippen molar-refractivity contribution in [1.29, 1.82) is 0 Å². The highest BCUT2D eigenvalue weighted by molar-refractivity contribution is 7.14. The molecule has 0 aliphatic carbocycles. The first-order valence-corrected chi connectivity index (χ1v) is 2.26. The van der Waals surface area contributed by atoms with Gasteiger partial charge in [0, 0.05) is 7.05 Å². The third-order valence-corrected chi connectivity index (χ3v) is 0.673. The molecule has 0 aromatic heterocycles. The molecular formula is C3H8NO2P. The van der Waals surface area contributed by atoms with Crippen LogP contribution in [0.4, 0.5) is 4.79 Å². The highest BCUT2D eigenvalue weighted by Crippen LogP contribution is 1.93. The zero-order chi connectivity index (χ0) is 5.86. The van der Waals surface area contributed by atoms with E-state index >= 15 is 0 Å². The van der Waals surface area contributed by atoms with E-state index in [1.165, 1.54) is 11.8 Å². The highest BCUT2D eigenvalue weighted by Gasteiger charge is 1.97. The van der Waals surface area contributed by atoms with Crippen molar-refractivity contribution in [1.82, 2.24) is 4.67 Å². The summed E-state index contributed by atoms with van der Waals surface area (Å²) < 4.78 is 5.56. The van der Waals surface area contributed by atoms with Gasteiger partial charge in [0.25, 0.3) is 0 Å². The van der Waals surface area contributed by atoms with Gasteiger partial charge in [0.1, 0.15) is 0 Å². The van der Waals surface area contributed by atoms with Crippen LogP contribution in [0.2, 0.25) is 0 Å². The summed E-state index contributed by atoms with van der Waals surface area (Å²) >= 11 is 0. The van der Waals surface area contributed by atoms with Crippen molar-refractivity contribution in [3.63, 3.8) is 0 Å². The number of carbonyl (C=O) groups is 1. The minimum absolute atomic E-state index is 0.356. The van der Waals surface area contributed by atoms with E-state index in [9.17, 15) is 4.79 Å². The Hall–Kier alpha value is -0.300. The summed E-state index contributed by atoms with van der Waals surface area (Å²) in [5.41, 5.74) is 0. The van der Waals surface area contributed by atoms with Gasteiger partial charge in [-0.2, -0.15) is 0 Å². The molecule has 0 spiro atoms. The predicted molar refractivity (Wildman–Crippen MR) is 29.9 cm³/mol. The Morgan fingerprint density at radius 1 is 1.86 bits per heavy atom. The molecule has 1 amide bonds. The van der Waals surface area contributed by atoms with Gasteiger partial charge in [0.15, 0.2) is 0 Å². The largest absolute Gasteiger partial charge is 0.453 e. The molecule has 0 aromatic rings. The average Bonchev–Trinajstić information content (AvgIpc) is 1.65. The Morgan fingerprint density at radius 2 is 2.29 bits per heavy atom. The van der Waals surface area contributed by atoms with Gasteiger partial charge < -0.3 is 4.74 Å². The van der Waals surface area contributed by atoms with Gasteiger partial charge in [-0.05, 0) is 9.39 Å². The van der Waals surface area contributed by atoms with Gasteiger partial charge in [-0.15, -0.1) is 0 Å². The van der Waals surface area contributed by atoms with Gasteiger partial charge >= 0.3 is 6.09 Å². The zero-order valence-electron chi connectivity index (χ0n) is 4.34. The molecule has 3 nitrogen and oxygen atoms in total. The van der Waals surface area contributed by atoms with Crippen LogP contribution in [0.3, 0.4) is 0 Å². The molecule has 0 fully saturated rings. The van der Waals surface area contributed by atoms with Crippen LogP contribution >= 0.6 is 9.39 Å². The number of nitrogens with zero attached hydrogens (tertiary/aromatic N) is 1. The third-order valence-electron chi connectivity index (χ3n) is 0.463. The number of methoxy groups -OCH3 is 1. The van der Waals surface area contributed by atoms with Crippen molar-refractivity contribution in [2.45, 2.75) is 0 Å². The first-order valence-electron chi connectivity index (χ1n) is 1.75. The Morgan fingerprint density at radius 3 is 2.29 bits per heavy atom. The van der Waals surface area contributed by atoms with Crippen LogP contribution in [0.5, 0.6) is 0 Å². The van der Waals surface area contributed by atoms with Gasteiger partial charge in [0.2, 0.25) is 0 Å². The Balaban J connectivity index is 3.35. The van der Waals surface area contributed by atoms with Crippen LogP contribution in [0, 0.1) is 0 Å². The molecule has 1 atom stereocenters. The lowest BCUT2D eigenvalue weighted by molar-refractivity contribution is 0.157. The molecule has 0 radical (unpaired) electrons. The van der Waals surface area contributed by atoms with E-state index in [0.29, 0.717) is 0 Å². The minimum Gasteiger partial charge on any atom is -0.453 e. The molecule has 0 rings (SSSR count). The summed E-state index contributed by atoms with van der Waals surface area (Å²) in [7, 11) is 5.11. The molecule has 0 aromatic carbocycles. The van der Waals surface area contributed by atoms with Crippen LogP contribution in [0.15, 0.2) is 0 Å².